The first-order valence-electron chi connectivity index (χ1n) is 11.6. The molecule has 2 aromatic carbocycles. The van der Waals surface area contributed by atoms with Crippen LogP contribution in [0.5, 0.6) is 5.75 Å². The topological polar surface area (TPSA) is 89.2 Å². The van der Waals surface area contributed by atoms with Crippen LogP contribution in [0, 0.1) is 5.92 Å². The number of nitrogens with zero attached hydrogens (tertiary/aromatic N) is 1. The van der Waals surface area contributed by atoms with E-state index in [9.17, 15) is 9.59 Å². The van der Waals surface area contributed by atoms with E-state index >= 15 is 0 Å². The minimum atomic E-state index is -0.757. The Bertz CT molecular complexity index is 1240. The fraction of sp³-hybridized carbons (Fsp3) is 0.385. The first-order valence-corrected chi connectivity index (χ1v) is 12.0. The van der Waals surface area contributed by atoms with Crippen LogP contribution in [0.2, 0.25) is 5.02 Å². The van der Waals surface area contributed by atoms with Crippen LogP contribution in [0.3, 0.4) is 0 Å². The molecule has 3 aromatic rings. The third-order valence-corrected chi connectivity index (χ3v) is 6.81. The number of hydrogen-bond donors (Lipinski definition) is 1. The lowest BCUT2D eigenvalue weighted by Crippen LogP contribution is -2.36. The van der Waals surface area contributed by atoms with Gasteiger partial charge < -0.3 is 23.9 Å². The van der Waals surface area contributed by atoms with Crippen LogP contribution in [0.4, 0.5) is 5.69 Å². The predicted molar refractivity (Wildman–Crippen MR) is 130 cm³/mol. The second kappa shape index (κ2) is 9.68. The van der Waals surface area contributed by atoms with Gasteiger partial charge in [-0.2, -0.15) is 0 Å². The zero-order valence-electron chi connectivity index (χ0n) is 18.7. The molecule has 0 amide bonds. The van der Waals surface area contributed by atoms with Crippen LogP contribution in [0.1, 0.15) is 25.7 Å². The van der Waals surface area contributed by atoms with Crippen molar-refractivity contribution in [1.82, 2.24) is 0 Å². The molecule has 1 N–H and O–H groups in total. The molecule has 1 saturated carbocycles. The molecule has 1 aliphatic carbocycles. The number of ether oxygens (including phenoxy) is 2. The van der Waals surface area contributed by atoms with Crippen molar-refractivity contribution >= 4 is 34.2 Å². The fourth-order valence-corrected chi connectivity index (χ4v) is 4.75. The third kappa shape index (κ3) is 4.76. The lowest BCUT2D eigenvalue weighted by molar-refractivity contribution is -0.151. The molecule has 0 atom stereocenters. The molecule has 0 radical (unpaired) electrons. The quantitative estimate of drug-likeness (QED) is 0.452. The van der Waals surface area contributed by atoms with Crippen LogP contribution in [0.25, 0.3) is 22.3 Å². The molecule has 0 spiro atoms. The first kappa shape index (κ1) is 22.7. The van der Waals surface area contributed by atoms with Gasteiger partial charge in [0, 0.05) is 30.4 Å². The van der Waals surface area contributed by atoms with E-state index in [-0.39, 0.29) is 17.5 Å². The van der Waals surface area contributed by atoms with Crippen molar-refractivity contribution < 1.29 is 23.8 Å². The predicted octanol–water partition coefficient (Wildman–Crippen LogP) is 4.97. The number of benzene rings is 2. The Kier molecular flexibility index (Phi) is 6.48. The summed E-state index contributed by atoms with van der Waals surface area (Å²) in [6.45, 7) is 2.71. The maximum Gasteiger partial charge on any atom is 0.306 e. The zero-order chi connectivity index (χ0) is 23.7. The van der Waals surface area contributed by atoms with Crippen LogP contribution in [-0.4, -0.2) is 43.5 Å². The van der Waals surface area contributed by atoms with Gasteiger partial charge in [-0.05, 0) is 62.1 Å². The molecule has 2 aliphatic rings. The Morgan fingerprint density at radius 2 is 1.82 bits per heavy atom. The van der Waals surface area contributed by atoms with Crippen molar-refractivity contribution in [1.29, 1.82) is 0 Å². The molecule has 5 rings (SSSR count). The number of fused-ring (bicyclic) bond motifs is 1. The Morgan fingerprint density at radius 1 is 1.09 bits per heavy atom. The van der Waals surface area contributed by atoms with Gasteiger partial charge in [0.25, 0.3) is 0 Å². The lowest BCUT2D eigenvalue weighted by Gasteiger charge is -2.31. The lowest BCUT2D eigenvalue weighted by atomic mass is 9.82. The van der Waals surface area contributed by atoms with Gasteiger partial charge in [-0.1, -0.05) is 11.6 Å². The van der Waals surface area contributed by atoms with E-state index in [2.05, 4.69) is 4.90 Å². The molecule has 1 aliphatic heterocycles. The molecule has 0 unspecified atom stereocenters. The summed E-state index contributed by atoms with van der Waals surface area (Å²) in [6.07, 6.45) is 3.41. The summed E-state index contributed by atoms with van der Waals surface area (Å²) in [7, 11) is 0. The van der Waals surface area contributed by atoms with Gasteiger partial charge in [0.15, 0.2) is 11.0 Å². The van der Waals surface area contributed by atoms with Crippen LogP contribution in [0.15, 0.2) is 51.7 Å². The summed E-state index contributed by atoms with van der Waals surface area (Å²) in [5.74, 6) is 0.0742. The minimum absolute atomic E-state index is 0.00105. The van der Waals surface area contributed by atoms with Gasteiger partial charge in [-0.25, -0.2) is 0 Å². The van der Waals surface area contributed by atoms with E-state index in [4.69, 9.17) is 30.6 Å². The van der Waals surface area contributed by atoms with Crippen molar-refractivity contribution in [3.8, 4) is 17.1 Å². The van der Waals surface area contributed by atoms with E-state index in [1.807, 2.05) is 24.3 Å². The van der Waals surface area contributed by atoms with Crippen LogP contribution in [-0.2, 0) is 9.53 Å². The summed E-state index contributed by atoms with van der Waals surface area (Å²) in [5.41, 5.74) is 1.97. The second-order valence-electron chi connectivity index (χ2n) is 8.85. The van der Waals surface area contributed by atoms with Gasteiger partial charge >= 0.3 is 5.97 Å². The van der Waals surface area contributed by atoms with Crippen molar-refractivity contribution in [3.63, 3.8) is 0 Å². The van der Waals surface area contributed by atoms with Crippen molar-refractivity contribution in [2.75, 3.05) is 31.2 Å². The average Bonchev–Trinajstić information content (AvgIpc) is 3.33. The van der Waals surface area contributed by atoms with E-state index < -0.39 is 5.97 Å². The molecule has 1 aromatic heterocycles. The van der Waals surface area contributed by atoms with Gasteiger partial charge in [0.2, 0.25) is 0 Å². The highest BCUT2D eigenvalue weighted by molar-refractivity contribution is 6.35. The molecule has 0 bridgehead atoms. The Balaban J connectivity index is 1.23. The molecule has 1 saturated heterocycles. The highest BCUT2D eigenvalue weighted by Crippen LogP contribution is 2.33. The van der Waals surface area contributed by atoms with Crippen molar-refractivity contribution in [3.05, 3.63) is 57.7 Å². The molecule has 7 nitrogen and oxygen atoms in total. The zero-order valence-corrected chi connectivity index (χ0v) is 19.4. The van der Waals surface area contributed by atoms with E-state index in [1.165, 1.54) is 6.07 Å². The Hall–Kier alpha value is -3.03. The second-order valence-corrected chi connectivity index (χ2v) is 9.25. The van der Waals surface area contributed by atoms with Crippen LogP contribution < -0.4 is 15.1 Å². The summed E-state index contributed by atoms with van der Waals surface area (Å²) in [6, 6.07) is 12.5. The highest BCUT2D eigenvalue weighted by Gasteiger charge is 2.34. The number of carbonyl (C=O) groups is 1. The highest BCUT2D eigenvalue weighted by atomic mass is 35.5. The Morgan fingerprint density at radius 3 is 2.53 bits per heavy atom. The third-order valence-electron chi connectivity index (χ3n) is 6.53. The molecule has 2 heterocycles. The van der Waals surface area contributed by atoms with Crippen molar-refractivity contribution in [2.24, 2.45) is 5.92 Å². The number of aliphatic carboxylic acids is 1. The van der Waals surface area contributed by atoms with Crippen molar-refractivity contribution in [2.45, 2.75) is 31.8 Å². The van der Waals surface area contributed by atoms with Gasteiger partial charge in [-0.3, -0.25) is 9.59 Å². The maximum atomic E-state index is 12.9. The van der Waals surface area contributed by atoms with Gasteiger partial charge in [0.05, 0.1) is 29.0 Å². The van der Waals surface area contributed by atoms with Crippen LogP contribution >= 0.6 is 11.6 Å². The minimum Gasteiger partial charge on any atom is -0.491 e. The average molecular weight is 484 g/mol. The van der Waals surface area contributed by atoms with Gasteiger partial charge in [0.1, 0.15) is 18.1 Å². The number of carboxylic acid groups (broad SMARTS) is 1. The number of rotatable bonds is 8. The number of carboxylic acids is 1. The number of hydrogen-bond acceptors (Lipinski definition) is 6. The summed E-state index contributed by atoms with van der Waals surface area (Å²) in [4.78, 5) is 25.9. The molecular weight excluding hydrogens is 458 g/mol. The van der Waals surface area contributed by atoms with Gasteiger partial charge in [-0.15, -0.1) is 0 Å². The largest absolute Gasteiger partial charge is 0.491 e. The Labute approximate surface area is 201 Å². The molecular formula is C26H26ClNO6. The summed E-state index contributed by atoms with van der Waals surface area (Å²) < 4.78 is 17.4. The molecule has 34 heavy (non-hydrogen) atoms. The number of anilines is 1. The van der Waals surface area contributed by atoms with E-state index in [1.54, 1.807) is 12.1 Å². The number of halogens is 1. The smallest absolute Gasteiger partial charge is 0.306 e. The monoisotopic (exact) mass is 483 g/mol. The fourth-order valence-electron chi connectivity index (χ4n) is 4.50. The normalized spacial score (nSPS) is 19.9. The first-order chi connectivity index (χ1) is 16.5. The molecule has 8 heteroatoms. The molecule has 178 valence electrons. The molecule has 2 fully saturated rings. The summed E-state index contributed by atoms with van der Waals surface area (Å²) >= 11 is 6.51. The summed E-state index contributed by atoms with van der Waals surface area (Å²) in [5, 5.41) is 9.81. The SMILES string of the molecule is O=C(O)C1CC(OCCOc2ccc(-c3cc(=O)c4cc(N5CCCC5)cc(Cl)c4o3)cc2)C1. The maximum absolute atomic E-state index is 12.9. The standard InChI is InChI=1S/C26H26ClNO6/c27-22-14-18(28-7-1-2-8-28)13-21-23(29)15-24(34-25(21)22)16-3-5-19(6-4-16)32-9-10-33-20-11-17(12-20)26(30)31/h3-6,13-15,17,20H,1-2,7-12H2,(H,30,31). The van der Waals surface area contributed by atoms with E-state index in [0.717, 1.165) is 37.2 Å². The van der Waals surface area contributed by atoms with E-state index in [0.29, 0.717) is 53.6 Å².